The Balaban J connectivity index is 2.23. The number of nitrogens with zero attached hydrogens (tertiary/aromatic N) is 2. The van der Waals surface area contributed by atoms with Gasteiger partial charge in [0.2, 0.25) is 0 Å². The molecule has 0 aromatic heterocycles. The van der Waals surface area contributed by atoms with Crippen molar-refractivity contribution in [2.45, 2.75) is 38.9 Å². The lowest BCUT2D eigenvalue weighted by Gasteiger charge is -2.40. The van der Waals surface area contributed by atoms with Crippen molar-refractivity contribution in [3.05, 3.63) is 11.9 Å². The number of nitrogens with two attached hydrogens (primary N) is 2. The molecule has 6 heteroatoms. The molecule has 0 radical (unpaired) electrons. The van der Waals surface area contributed by atoms with Gasteiger partial charge in [-0.2, -0.15) is 0 Å². The van der Waals surface area contributed by atoms with E-state index >= 15 is 0 Å². The molecule has 2 rings (SSSR count). The Kier molecular flexibility index (Phi) is 3.49. The highest BCUT2D eigenvalue weighted by molar-refractivity contribution is 5.81. The Labute approximate surface area is 115 Å². The average Bonchev–Trinajstić information content (AvgIpc) is 2.74. The molecule has 108 valence electrons. The summed E-state index contributed by atoms with van der Waals surface area (Å²) in [4.78, 5) is 6.66. The van der Waals surface area contributed by atoms with Gasteiger partial charge in [0, 0.05) is 24.5 Å². The summed E-state index contributed by atoms with van der Waals surface area (Å²) in [6, 6.07) is 0.518. The molecular formula is C13H26N6. The summed E-state index contributed by atoms with van der Waals surface area (Å²) in [6.07, 6.45) is 3.13. The van der Waals surface area contributed by atoms with E-state index in [-0.39, 0.29) is 5.41 Å². The fraction of sp³-hybridized carbons (Fsp3) is 0.769. The predicted molar refractivity (Wildman–Crippen MR) is 78.3 cm³/mol. The normalized spacial score (nSPS) is 31.8. The summed E-state index contributed by atoms with van der Waals surface area (Å²) in [6.45, 7) is 8.18. The lowest BCUT2D eigenvalue weighted by Crippen LogP contribution is -2.56. The van der Waals surface area contributed by atoms with Gasteiger partial charge in [-0.25, -0.2) is 4.99 Å². The molecule has 1 unspecified atom stereocenters. The molecule has 19 heavy (non-hydrogen) atoms. The van der Waals surface area contributed by atoms with Crippen molar-refractivity contribution >= 4 is 5.96 Å². The van der Waals surface area contributed by atoms with Gasteiger partial charge in [-0.05, 0) is 19.5 Å². The maximum Gasteiger partial charge on any atom is 0.196 e. The second kappa shape index (κ2) is 4.68. The molecule has 0 amide bonds. The summed E-state index contributed by atoms with van der Waals surface area (Å²) >= 11 is 0. The zero-order valence-electron chi connectivity index (χ0n) is 12.3. The molecule has 0 aliphatic carbocycles. The number of guanidine groups is 1. The molecule has 0 bridgehead atoms. The summed E-state index contributed by atoms with van der Waals surface area (Å²) < 4.78 is 0. The molecule has 0 aromatic carbocycles. The minimum Gasteiger partial charge on any atom is -0.370 e. The fourth-order valence-electron chi connectivity index (χ4n) is 2.40. The third-order valence-corrected chi connectivity index (χ3v) is 4.06. The molecule has 6 N–H and O–H groups in total. The Morgan fingerprint density at radius 1 is 1.53 bits per heavy atom. The van der Waals surface area contributed by atoms with E-state index in [1.165, 1.54) is 0 Å². The largest absolute Gasteiger partial charge is 0.370 e. The zero-order valence-corrected chi connectivity index (χ0v) is 12.3. The quantitative estimate of drug-likeness (QED) is 0.553. The maximum absolute atomic E-state index is 6.43. The highest BCUT2D eigenvalue weighted by Crippen LogP contribution is 2.33. The smallest absolute Gasteiger partial charge is 0.196 e. The SMILES string of the molecule is CN[C@H]1CCN(C2=CC(N)(C(C)(C)C)N=C(N)N2)C1. The van der Waals surface area contributed by atoms with Crippen LogP contribution in [0, 0.1) is 5.41 Å². The minimum absolute atomic E-state index is 0.187. The Bertz CT molecular complexity index is 408. The van der Waals surface area contributed by atoms with E-state index in [0.29, 0.717) is 12.0 Å². The second-order valence-corrected chi connectivity index (χ2v) is 6.45. The molecule has 2 aliphatic rings. The number of rotatable bonds is 2. The molecule has 2 aliphatic heterocycles. The van der Waals surface area contributed by atoms with Gasteiger partial charge >= 0.3 is 0 Å². The van der Waals surface area contributed by atoms with Crippen LogP contribution in [0.1, 0.15) is 27.2 Å². The Hall–Kier alpha value is -1.27. The van der Waals surface area contributed by atoms with Crippen molar-refractivity contribution < 1.29 is 0 Å². The van der Waals surface area contributed by atoms with Crippen LogP contribution in [0.3, 0.4) is 0 Å². The average molecular weight is 266 g/mol. The van der Waals surface area contributed by atoms with Crippen LogP contribution in [0.2, 0.25) is 0 Å². The first kappa shape index (κ1) is 14.1. The first-order valence-corrected chi connectivity index (χ1v) is 6.81. The van der Waals surface area contributed by atoms with Crippen LogP contribution in [0.25, 0.3) is 0 Å². The molecule has 2 atom stereocenters. The number of likely N-dealkylation sites (N-methyl/N-ethyl adjacent to an activating group) is 1. The van der Waals surface area contributed by atoms with Crippen LogP contribution < -0.4 is 22.1 Å². The van der Waals surface area contributed by atoms with E-state index in [0.717, 1.165) is 25.3 Å². The van der Waals surface area contributed by atoms with Gasteiger partial charge in [-0.3, -0.25) is 0 Å². The standard InChI is InChI=1S/C13H26N6/c1-12(2,3)13(15)7-10(17-11(14)18-13)19-6-5-9(8-19)16-4/h7,9,16H,5-6,8,15H2,1-4H3,(H3,14,17,18)/t9-,13?/m0/s1. The van der Waals surface area contributed by atoms with Crippen LogP contribution in [0.4, 0.5) is 0 Å². The van der Waals surface area contributed by atoms with Crippen molar-refractivity contribution in [3.8, 4) is 0 Å². The first-order valence-electron chi connectivity index (χ1n) is 6.81. The summed E-state index contributed by atoms with van der Waals surface area (Å²) in [5.74, 6) is 1.37. The van der Waals surface area contributed by atoms with Crippen LogP contribution >= 0.6 is 0 Å². The highest BCUT2D eigenvalue weighted by atomic mass is 15.3. The minimum atomic E-state index is -0.768. The monoisotopic (exact) mass is 266 g/mol. The van der Waals surface area contributed by atoms with Gasteiger partial charge in [0.15, 0.2) is 5.96 Å². The van der Waals surface area contributed by atoms with Crippen molar-refractivity contribution in [3.63, 3.8) is 0 Å². The van der Waals surface area contributed by atoms with Gasteiger partial charge in [0.25, 0.3) is 0 Å². The zero-order chi connectivity index (χ0) is 14.3. The highest BCUT2D eigenvalue weighted by Gasteiger charge is 2.40. The van der Waals surface area contributed by atoms with Crippen LogP contribution in [0.5, 0.6) is 0 Å². The topological polar surface area (TPSA) is 91.7 Å². The van der Waals surface area contributed by atoms with Gasteiger partial charge in [-0.1, -0.05) is 20.8 Å². The van der Waals surface area contributed by atoms with Crippen molar-refractivity contribution in [2.75, 3.05) is 20.1 Å². The number of aliphatic imine (C=N–C) groups is 1. The van der Waals surface area contributed by atoms with Gasteiger partial charge in [0.05, 0.1) is 0 Å². The van der Waals surface area contributed by atoms with Crippen molar-refractivity contribution in [1.82, 2.24) is 15.5 Å². The van der Waals surface area contributed by atoms with Crippen LogP contribution in [-0.4, -0.2) is 42.7 Å². The number of hydrogen-bond acceptors (Lipinski definition) is 6. The molecule has 0 aromatic rings. The van der Waals surface area contributed by atoms with E-state index in [1.54, 1.807) is 0 Å². The van der Waals surface area contributed by atoms with E-state index in [9.17, 15) is 0 Å². The lowest BCUT2D eigenvalue weighted by molar-refractivity contribution is 0.238. The number of hydrogen-bond donors (Lipinski definition) is 4. The molecule has 1 saturated heterocycles. The maximum atomic E-state index is 6.43. The molecule has 6 nitrogen and oxygen atoms in total. The van der Waals surface area contributed by atoms with Gasteiger partial charge in [0.1, 0.15) is 11.5 Å². The van der Waals surface area contributed by atoms with Crippen LogP contribution in [0.15, 0.2) is 16.9 Å². The summed E-state index contributed by atoms with van der Waals surface area (Å²) in [5.41, 5.74) is 11.4. The number of likely N-dealkylation sites (tertiary alicyclic amines) is 1. The third kappa shape index (κ3) is 2.69. The molecule has 1 fully saturated rings. The first-order chi connectivity index (χ1) is 8.75. The van der Waals surface area contributed by atoms with Crippen molar-refractivity contribution in [1.29, 1.82) is 0 Å². The van der Waals surface area contributed by atoms with Gasteiger partial charge < -0.3 is 27.0 Å². The lowest BCUT2D eigenvalue weighted by atomic mass is 9.80. The van der Waals surface area contributed by atoms with Crippen LogP contribution in [-0.2, 0) is 0 Å². The fourth-order valence-corrected chi connectivity index (χ4v) is 2.40. The van der Waals surface area contributed by atoms with E-state index in [2.05, 4.69) is 41.3 Å². The van der Waals surface area contributed by atoms with E-state index < -0.39 is 5.66 Å². The molecular weight excluding hydrogens is 240 g/mol. The molecule has 0 saturated carbocycles. The van der Waals surface area contributed by atoms with E-state index in [1.807, 2.05) is 13.1 Å². The van der Waals surface area contributed by atoms with Crippen molar-refractivity contribution in [2.24, 2.45) is 21.9 Å². The molecule has 0 spiro atoms. The summed E-state index contributed by atoms with van der Waals surface area (Å²) in [7, 11) is 2.00. The third-order valence-electron chi connectivity index (χ3n) is 4.06. The predicted octanol–water partition coefficient (Wildman–Crippen LogP) is -0.259. The number of nitrogens with one attached hydrogen (secondary N) is 2. The Morgan fingerprint density at radius 3 is 2.74 bits per heavy atom. The van der Waals surface area contributed by atoms with Gasteiger partial charge in [-0.15, -0.1) is 0 Å². The van der Waals surface area contributed by atoms with E-state index in [4.69, 9.17) is 11.5 Å². The summed E-state index contributed by atoms with van der Waals surface area (Å²) in [5, 5.41) is 6.44. The Morgan fingerprint density at radius 2 is 2.21 bits per heavy atom. The second-order valence-electron chi connectivity index (χ2n) is 6.45. The molecule has 2 heterocycles.